The first kappa shape index (κ1) is 47.1. The van der Waals surface area contributed by atoms with E-state index < -0.39 is 0 Å². The van der Waals surface area contributed by atoms with Crippen molar-refractivity contribution in [3.8, 4) is 0 Å². The molecule has 4 aliphatic heterocycles. The molecule has 0 amide bonds. The van der Waals surface area contributed by atoms with Crippen molar-refractivity contribution in [1.29, 1.82) is 0 Å². The van der Waals surface area contributed by atoms with Crippen molar-refractivity contribution in [3.05, 3.63) is 173 Å². The van der Waals surface area contributed by atoms with E-state index in [2.05, 4.69) is 244 Å². The van der Waals surface area contributed by atoms with Crippen molar-refractivity contribution in [2.75, 3.05) is 14.7 Å². The Kier molecular flexibility index (Phi) is 9.23. The monoisotopic (exact) mass is 1010 g/mol. The molecule has 0 N–H and O–H groups in total. The lowest BCUT2D eigenvalue weighted by Crippen LogP contribution is -2.67. The molecule has 8 aromatic carbocycles. The number of furan rings is 2. The van der Waals surface area contributed by atoms with Gasteiger partial charge in [-0.2, -0.15) is 0 Å². The minimum absolute atomic E-state index is 0.0184. The molecule has 2 atom stereocenters. The highest BCUT2D eigenvalue weighted by molar-refractivity contribution is 7.01. The van der Waals surface area contributed by atoms with Crippen LogP contribution in [0.4, 0.5) is 45.5 Å². The summed E-state index contributed by atoms with van der Waals surface area (Å²) in [6, 6.07) is 54.0. The van der Waals surface area contributed by atoms with Crippen molar-refractivity contribution in [1.82, 2.24) is 0 Å². The second-order valence-electron chi connectivity index (χ2n) is 27.6. The smallest absolute Gasteiger partial charge is 0.252 e. The average Bonchev–Trinajstić information content (AvgIpc) is 4.01. The molecule has 5 aliphatic rings. The predicted octanol–water partition coefficient (Wildman–Crippen LogP) is 17.8. The van der Waals surface area contributed by atoms with E-state index in [9.17, 15) is 0 Å². The Balaban J connectivity index is 1.10. The number of hydrogen-bond donors (Lipinski definition) is 0. The summed E-state index contributed by atoms with van der Waals surface area (Å²) >= 11 is 0. The average molecular weight is 1010 g/mol. The van der Waals surface area contributed by atoms with E-state index in [1.54, 1.807) is 0 Å². The topological polar surface area (TPSA) is 36.0 Å². The van der Waals surface area contributed by atoms with Crippen LogP contribution < -0.4 is 31.1 Å². The second kappa shape index (κ2) is 15.1. The van der Waals surface area contributed by atoms with Crippen LogP contribution >= 0.6 is 0 Å². The van der Waals surface area contributed by atoms with E-state index in [1.807, 2.05) is 0 Å². The van der Waals surface area contributed by atoms with Crippen LogP contribution in [0.3, 0.4) is 0 Å². The minimum atomic E-state index is -0.301. The Bertz CT molecular complexity index is 4010. The molecule has 0 bridgehead atoms. The van der Waals surface area contributed by atoms with E-state index in [1.165, 1.54) is 96.7 Å². The molecule has 6 heteroatoms. The van der Waals surface area contributed by atoms with E-state index in [4.69, 9.17) is 8.83 Å². The van der Waals surface area contributed by atoms with Gasteiger partial charge in [0.15, 0.2) is 11.2 Å². The van der Waals surface area contributed by atoms with Crippen LogP contribution in [0.5, 0.6) is 0 Å². The summed E-state index contributed by atoms with van der Waals surface area (Å²) in [5, 5.41) is 4.58. The summed E-state index contributed by atoms with van der Waals surface area (Å²) in [5.41, 5.74) is 24.6. The van der Waals surface area contributed by atoms with Gasteiger partial charge >= 0.3 is 0 Å². The molecule has 77 heavy (non-hydrogen) atoms. The lowest BCUT2D eigenvalue weighted by atomic mass is 9.28. The summed E-state index contributed by atoms with van der Waals surface area (Å²) in [7, 11) is 0. The third kappa shape index (κ3) is 6.03. The normalized spacial score (nSPS) is 20.2. The quantitative estimate of drug-likeness (QED) is 0.165. The Morgan fingerprint density at radius 1 is 0.416 bits per heavy atom. The van der Waals surface area contributed by atoms with Crippen LogP contribution in [-0.2, 0) is 27.1 Å². The van der Waals surface area contributed by atoms with Gasteiger partial charge in [-0.05, 0) is 117 Å². The van der Waals surface area contributed by atoms with Crippen molar-refractivity contribution in [2.24, 2.45) is 0 Å². The Hall–Kier alpha value is -7.18. The second-order valence-corrected chi connectivity index (χ2v) is 27.6. The van der Waals surface area contributed by atoms with E-state index in [0.717, 1.165) is 68.1 Å². The maximum atomic E-state index is 7.40. The zero-order valence-corrected chi connectivity index (χ0v) is 47.3. The molecule has 0 spiro atoms. The largest absolute Gasteiger partial charge is 0.454 e. The van der Waals surface area contributed by atoms with Crippen molar-refractivity contribution >= 4 is 112 Å². The van der Waals surface area contributed by atoms with Crippen LogP contribution in [0.1, 0.15) is 149 Å². The van der Waals surface area contributed by atoms with Crippen molar-refractivity contribution in [2.45, 2.75) is 148 Å². The van der Waals surface area contributed by atoms with Crippen molar-refractivity contribution < 1.29 is 8.83 Å². The van der Waals surface area contributed by atoms with Gasteiger partial charge in [0, 0.05) is 77.6 Å². The maximum Gasteiger partial charge on any atom is 0.252 e. The Morgan fingerprint density at radius 2 is 0.870 bits per heavy atom. The van der Waals surface area contributed by atoms with Crippen LogP contribution in [0, 0.1) is 0 Å². The van der Waals surface area contributed by atoms with E-state index in [0.29, 0.717) is 0 Å². The lowest BCUT2D eigenvalue weighted by Gasteiger charge is -2.52. The summed E-state index contributed by atoms with van der Waals surface area (Å²) in [6.07, 6.45) is 4.67. The number of nitrogens with zero attached hydrogens (tertiary/aromatic N) is 3. The molecule has 6 heterocycles. The van der Waals surface area contributed by atoms with Gasteiger partial charge in [0.2, 0.25) is 0 Å². The molecule has 2 aromatic heterocycles. The number of para-hydroxylation sites is 4. The van der Waals surface area contributed by atoms with Gasteiger partial charge in [-0.15, -0.1) is 0 Å². The number of fused-ring (bicyclic) bond motifs is 9. The van der Waals surface area contributed by atoms with E-state index in [-0.39, 0.29) is 39.3 Å². The van der Waals surface area contributed by atoms with Gasteiger partial charge in [-0.3, -0.25) is 0 Å². The first-order chi connectivity index (χ1) is 36.6. The predicted molar refractivity (Wildman–Crippen MR) is 326 cm³/mol. The highest BCUT2D eigenvalue weighted by Crippen LogP contribution is 2.63. The molecule has 5 nitrogen and oxygen atoms in total. The Labute approximate surface area is 454 Å². The van der Waals surface area contributed by atoms with Gasteiger partial charge in [0.05, 0.1) is 16.9 Å². The fraction of sp³-hybridized carbons (Fsp3) is 0.324. The van der Waals surface area contributed by atoms with Gasteiger partial charge in [0.25, 0.3) is 6.71 Å². The van der Waals surface area contributed by atoms with Crippen molar-refractivity contribution in [3.63, 3.8) is 0 Å². The molecule has 1 fully saturated rings. The summed E-state index contributed by atoms with van der Waals surface area (Å²) < 4.78 is 14.8. The number of benzene rings is 8. The molecule has 10 aromatic rings. The maximum absolute atomic E-state index is 7.40. The molecule has 384 valence electrons. The SMILES string of the molecule is CC(C)(C)c1ccc2c(c1)C1(C)CCCCC1(C)N2c1cc2c3c(c1)N(c1cccc4c1oc1c(C(C)(C)C)cccc14)c1cccc4c1B3c1c(cccc1C4(C)C)N2c1cccc2c1oc1c(C(C)(C)C)cccc12. The van der Waals surface area contributed by atoms with Gasteiger partial charge < -0.3 is 23.5 Å². The molecular formula is C71H70BN3O2. The van der Waals surface area contributed by atoms with E-state index >= 15 is 0 Å². The zero-order chi connectivity index (χ0) is 53.2. The molecule has 0 radical (unpaired) electrons. The third-order valence-corrected chi connectivity index (χ3v) is 19.8. The standard InChI is InChI=1S/C71H70BN3O2/c1-66(2,3)41-34-35-52-51(38-41)70(12)36-14-15-37-71(70,13)75(52)42-39-57-61-58(40-42)74(56-33-19-25-46-44-23-17-29-50(68(7,8)9)63(44)77-65(46)56)54-31-21-27-48-60(54)72(61)59-47(69(48,10)11)26-20-30-53(59)73(57)55-32-18-24-45-43-22-16-28-49(67(4,5)6)62(43)76-64(45)55/h16-35,38-40H,14-15,36-37H2,1-13H3. The molecule has 2 unspecified atom stereocenters. The highest BCUT2D eigenvalue weighted by atomic mass is 16.3. The molecular weight excluding hydrogens is 938 g/mol. The van der Waals surface area contributed by atoms with Crippen LogP contribution in [0.25, 0.3) is 43.9 Å². The Morgan fingerprint density at radius 3 is 1.36 bits per heavy atom. The van der Waals surface area contributed by atoms with Crippen LogP contribution in [-0.4, -0.2) is 12.3 Å². The number of anilines is 8. The fourth-order valence-electron chi connectivity index (χ4n) is 15.7. The summed E-state index contributed by atoms with van der Waals surface area (Å²) in [6.45, 7) is 30.9. The minimum Gasteiger partial charge on any atom is -0.454 e. The third-order valence-electron chi connectivity index (χ3n) is 19.8. The highest BCUT2D eigenvalue weighted by Gasteiger charge is 2.59. The summed E-state index contributed by atoms with van der Waals surface area (Å²) in [5.74, 6) is 0. The first-order valence-corrected chi connectivity index (χ1v) is 28.5. The number of rotatable bonds is 3. The number of hydrogen-bond acceptors (Lipinski definition) is 5. The zero-order valence-electron chi connectivity index (χ0n) is 47.3. The van der Waals surface area contributed by atoms with Crippen LogP contribution in [0.2, 0.25) is 0 Å². The van der Waals surface area contributed by atoms with Gasteiger partial charge in [0.1, 0.15) is 11.2 Å². The first-order valence-electron chi connectivity index (χ1n) is 28.5. The molecule has 0 saturated heterocycles. The fourth-order valence-corrected chi connectivity index (χ4v) is 15.7. The summed E-state index contributed by atoms with van der Waals surface area (Å²) in [4.78, 5) is 8.04. The molecule has 1 aliphatic carbocycles. The molecule has 15 rings (SSSR count). The molecule has 1 saturated carbocycles. The van der Waals surface area contributed by atoms with Crippen LogP contribution in [0.15, 0.2) is 148 Å². The van der Waals surface area contributed by atoms with Gasteiger partial charge in [-0.1, -0.05) is 193 Å². The lowest BCUT2D eigenvalue weighted by molar-refractivity contribution is 0.195. The van der Waals surface area contributed by atoms with Gasteiger partial charge in [-0.25, -0.2) is 0 Å².